The zero-order valence-electron chi connectivity index (χ0n) is 9.77. The Bertz CT molecular complexity index is 485. The van der Waals surface area contributed by atoms with Crippen LogP contribution >= 0.6 is 11.6 Å². The molecule has 1 heterocycles. The minimum absolute atomic E-state index is 0.394. The number of carbonyl (C=O) groups is 1. The van der Waals surface area contributed by atoms with Crippen molar-refractivity contribution >= 4 is 17.7 Å². The van der Waals surface area contributed by atoms with Crippen LogP contribution in [0.15, 0.2) is 24.3 Å². The first kappa shape index (κ1) is 12.7. The maximum Gasteiger partial charge on any atom is 0.407 e. The van der Waals surface area contributed by atoms with Gasteiger partial charge in [-0.15, -0.1) is 0 Å². The topological polar surface area (TPSA) is 64.3 Å². The van der Waals surface area contributed by atoms with Crippen molar-refractivity contribution in [1.29, 1.82) is 5.26 Å². The highest BCUT2D eigenvalue weighted by molar-refractivity contribution is 6.30. The lowest BCUT2D eigenvalue weighted by atomic mass is 9.74. The molecule has 1 aliphatic heterocycles. The second-order valence-electron chi connectivity index (χ2n) is 4.47. The van der Waals surface area contributed by atoms with Gasteiger partial charge in [-0.25, -0.2) is 4.79 Å². The predicted octanol–water partition coefficient (Wildman–Crippen LogP) is 2.88. The Hall–Kier alpha value is -1.73. The van der Waals surface area contributed by atoms with Crippen molar-refractivity contribution in [2.24, 2.45) is 0 Å². The van der Waals surface area contributed by atoms with Crippen molar-refractivity contribution in [3.05, 3.63) is 34.9 Å². The van der Waals surface area contributed by atoms with E-state index in [9.17, 15) is 10.1 Å². The SMILES string of the molecule is N#CC1(c2ccc(Cl)cc2)CCN(C(=O)O)CC1. The van der Waals surface area contributed by atoms with Crippen LogP contribution in [0.5, 0.6) is 0 Å². The van der Waals surface area contributed by atoms with Crippen molar-refractivity contribution in [3.63, 3.8) is 0 Å². The average Bonchev–Trinajstić information content (AvgIpc) is 2.39. The van der Waals surface area contributed by atoms with Gasteiger partial charge in [-0.05, 0) is 30.5 Å². The smallest absolute Gasteiger partial charge is 0.407 e. The lowest BCUT2D eigenvalue weighted by Crippen LogP contribution is -2.44. The van der Waals surface area contributed by atoms with Crippen molar-refractivity contribution in [2.75, 3.05) is 13.1 Å². The standard InChI is InChI=1S/C13H13ClN2O2/c14-11-3-1-10(2-4-11)13(9-15)5-7-16(8-6-13)12(17)18/h1-4H,5-8H2,(H,17,18). The Balaban J connectivity index is 2.22. The third kappa shape index (κ3) is 2.27. The number of nitrogens with zero attached hydrogens (tertiary/aromatic N) is 2. The van der Waals surface area contributed by atoms with E-state index in [1.165, 1.54) is 4.90 Å². The zero-order valence-corrected chi connectivity index (χ0v) is 10.5. The molecule has 0 aromatic heterocycles. The van der Waals surface area contributed by atoms with Gasteiger partial charge in [-0.3, -0.25) is 0 Å². The summed E-state index contributed by atoms with van der Waals surface area (Å²) in [6.45, 7) is 0.789. The van der Waals surface area contributed by atoms with Gasteiger partial charge in [-0.1, -0.05) is 23.7 Å². The van der Waals surface area contributed by atoms with E-state index in [1.54, 1.807) is 12.1 Å². The van der Waals surface area contributed by atoms with Gasteiger partial charge in [0.1, 0.15) is 0 Å². The molecule has 2 rings (SSSR count). The molecule has 0 bridgehead atoms. The fraction of sp³-hybridized carbons (Fsp3) is 0.385. The minimum Gasteiger partial charge on any atom is -0.465 e. The molecule has 0 radical (unpaired) electrons. The van der Waals surface area contributed by atoms with Crippen molar-refractivity contribution < 1.29 is 9.90 Å². The first-order chi connectivity index (χ1) is 8.57. The molecule has 1 fully saturated rings. The van der Waals surface area contributed by atoms with E-state index in [-0.39, 0.29) is 0 Å². The summed E-state index contributed by atoms with van der Waals surface area (Å²) in [5.41, 5.74) is 0.329. The maximum atomic E-state index is 10.9. The summed E-state index contributed by atoms with van der Waals surface area (Å²) in [5, 5.41) is 19.0. The molecule has 1 aromatic carbocycles. The first-order valence-electron chi connectivity index (χ1n) is 5.72. The molecule has 5 heteroatoms. The molecular weight excluding hydrogens is 252 g/mol. The van der Waals surface area contributed by atoms with Crippen LogP contribution in [0.3, 0.4) is 0 Å². The lowest BCUT2D eigenvalue weighted by molar-refractivity contribution is 0.125. The van der Waals surface area contributed by atoms with Crippen molar-refractivity contribution in [2.45, 2.75) is 18.3 Å². The summed E-state index contributed by atoms with van der Waals surface area (Å²) < 4.78 is 0. The lowest BCUT2D eigenvalue weighted by Gasteiger charge is -2.36. The van der Waals surface area contributed by atoms with Crippen LogP contribution in [0.4, 0.5) is 4.79 Å². The van der Waals surface area contributed by atoms with Gasteiger partial charge in [0.15, 0.2) is 0 Å². The Kier molecular flexibility index (Phi) is 3.44. The molecule has 0 saturated carbocycles. The normalized spacial score (nSPS) is 18.1. The summed E-state index contributed by atoms with van der Waals surface area (Å²) >= 11 is 5.84. The largest absolute Gasteiger partial charge is 0.465 e. The number of carboxylic acid groups (broad SMARTS) is 1. The van der Waals surface area contributed by atoms with E-state index in [1.807, 2.05) is 12.1 Å². The van der Waals surface area contributed by atoms with Crippen LogP contribution < -0.4 is 0 Å². The van der Waals surface area contributed by atoms with Crippen LogP contribution in [0.25, 0.3) is 0 Å². The molecule has 18 heavy (non-hydrogen) atoms. The highest BCUT2D eigenvalue weighted by Crippen LogP contribution is 2.35. The molecule has 0 spiro atoms. The van der Waals surface area contributed by atoms with Gasteiger partial charge in [0.2, 0.25) is 0 Å². The molecule has 0 aliphatic carbocycles. The van der Waals surface area contributed by atoms with Gasteiger partial charge < -0.3 is 10.0 Å². The molecule has 1 aromatic rings. The van der Waals surface area contributed by atoms with E-state index in [0.717, 1.165) is 5.56 Å². The quantitative estimate of drug-likeness (QED) is 0.848. The summed E-state index contributed by atoms with van der Waals surface area (Å²) in [5.74, 6) is 0. The third-order valence-electron chi connectivity index (χ3n) is 3.50. The predicted molar refractivity (Wildman–Crippen MR) is 67.6 cm³/mol. The highest BCUT2D eigenvalue weighted by atomic mass is 35.5. The van der Waals surface area contributed by atoms with Crippen LogP contribution in [0.2, 0.25) is 5.02 Å². The number of amides is 1. The molecule has 4 nitrogen and oxygen atoms in total. The Morgan fingerprint density at radius 1 is 1.33 bits per heavy atom. The second kappa shape index (κ2) is 4.87. The molecule has 0 atom stereocenters. The van der Waals surface area contributed by atoms with Gasteiger partial charge in [0.05, 0.1) is 11.5 Å². The number of hydrogen-bond donors (Lipinski definition) is 1. The van der Waals surface area contributed by atoms with E-state index >= 15 is 0 Å². The van der Waals surface area contributed by atoms with Crippen molar-refractivity contribution in [1.82, 2.24) is 4.90 Å². The maximum absolute atomic E-state index is 10.9. The monoisotopic (exact) mass is 264 g/mol. The van der Waals surface area contributed by atoms with Crippen LogP contribution in [0, 0.1) is 11.3 Å². The van der Waals surface area contributed by atoms with Gasteiger partial charge >= 0.3 is 6.09 Å². The number of nitriles is 1. The number of rotatable bonds is 1. The van der Waals surface area contributed by atoms with E-state index in [0.29, 0.717) is 31.0 Å². The third-order valence-corrected chi connectivity index (χ3v) is 3.75. The minimum atomic E-state index is -0.919. The molecule has 1 N–H and O–H groups in total. The Morgan fingerprint density at radius 2 is 1.89 bits per heavy atom. The molecule has 1 aliphatic rings. The fourth-order valence-electron chi connectivity index (χ4n) is 2.31. The number of benzene rings is 1. The van der Waals surface area contributed by atoms with E-state index < -0.39 is 11.5 Å². The first-order valence-corrected chi connectivity index (χ1v) is 6.10. The second-order valence-corrected chi connectivity index (χ2v) is 4.91. The summed E-state index contributed by atoms with van der Waals surface area (Å²) in [7, 11) is 0. The molecule has 94 valence electrons. The van der Waals surface area contributed by atoms with Crippen molar-refractivity contribution in [3.8, 4) is 6.07 Å². The van der Waals surface area contributed by atoms with Crippen LogP contribution in [-0.2, 0) is 5.41 Å². The Labute approximate surface area is 110 Å². The summed E-state index contributed by atoms with van der Waals surface area (Å²) in [6.07, 6.45) is 0.132. The van der Waals surface area contributed by atoms with Gasteiger partial charge in [0.25, 0.3) is 0 Å². The van der Waals surface area contributed by atoms with Crippen LogP contribution in [-0.4, -0.2) is 29.2 Å². The summed E-state index contributed by atoms with van der Waals surface area (Å²) in [4.78, 5) is 12.2. The summed E-state index contributed by atoms with van der Waals surface area (Å²) in [6, 6.07) is 9.58. The van der Waals surface area contributed by atoms with Gasteiger partial charge in [-0.2, -0.15) is 5.26 Å². The number of halogens is 1. The number of likely N-dealkylation sites (tertiary alicyclic amines) is 1. The number of piperidine rings is 1. The highest BCUT2D eigenvalue weighted by Gasteiger charge is 2.37. The number of hydrogen-bond acceptors (Lipinski definition) is 2. The van der Waals surface area contributed by atoms with Crippen LogP contribution in [0.1, 0.15) is 18.4 Å². The van der Waals surface area contributed by atoms with E-state index in [4.69, 9.17) is 16.7 Å². The molecular formula is C13H13ClN2O2. The molecule has 1 saturated heterocycles. The Morgan fingerprint density at radius 3 is 2.33 bits per heavy atom. The fourth-order valence-corrected chi connectivity index (χ4v) is 2.44. The molecule has 0 unspecified atom stereocenters. The van der Waals surface area contributed by atoms with E-state index in [2.05, 4.69) is 6.07 Å². The zero-order chi connectivity index (χ0) is 13.2. The molecule has 1 amide bonds. The van der Waals surface area contributed by atoms with Gasteiger partial charge in [0, 0.05) is 18.1 Å². The average molecular weight is 265 g/mol.